The van der Waals surface area contributed by atoms with Crippen molar-refractivity contribution in [1.29, 1.82) is 0 Å². The van der Waals surface area contributed by atoms with Crippen molar-refractivity contribution in [2.24, 2.45) is 11.7 Å². The van der Waals surface area contributed by atoms with Crippen LogP contribution in [0.4, 0.5) is 10.5 Å². The quantitative estimate of drug-likeness (QED) is 0.809. The highest BCUT2D eigenvalue weighted by atomic mass is 16.2. The van der Waals surface area contributed by atoms with Gasteiger partial charge in [0.05, 0.1) is 5.69 Å². The molecule has 0 bridgehead atoms. The Hall–Kier alpha value is -1.88. The van der Waals surface area contributed by atoms with E-state index in [9.17, 15) is 9.59 Å². The lowest BCUT2D eigenvalue weighted by atomic mass is 9.99. The van der Waals surface area contributed by atoms with Crippen molar-refractivity contribution < 1.29 is 9.59 Å². The van der Waals surface area contributed by atoms with Gasteiger partial charge in [-0.25, -0.2) is 9.69 Å². The molecule has 0 aromatic heterocycles. The van der Waals surface area contributed by atoms with Gasteiger partial charge in [0.1, 0.15) is 6.04 Å². The minimum atomic E-state index is -0.424. The predicted molar refractivity (Wildman–Crippen MR) is 73.6 cm³/mol. The SMILES string of the molecule is CCC(C)C1NC(=O)N(c2ccc(CN)cc2)C1=O. The Morgan fingerprint density at radius 1 is 1.32 bits per heavy atom. The lowest BCUT2D eigenvalue weighted by Gasteiger charge is -2.16. The highest BCUT2D eigenvalue weighted by Crippen LogP contribution is 2.23. The van der Waals surface area contributed by atoms with E-state index >= 15 is 0 Å². The van der Waals surface area contributed by atoms with Gasteiger partial charge in [-0.1, -0.05) is 32.4 Å². The van der Waals surface area contributed by atoms with Crippen LogP contribution in [0, 0.1) is 5.92 Å². The Morgan fingerprint density at radius 2 is 1.95 bits per heavy atom. The molecule has 1 aromatic carbocycles. The number of nitrogens with two attached hydrogens (primary N) is 1. The van der Waals surface area contributed by atoms with Crippen LogP contribution in [0.2, 0.25) is 0 Å². The van der Waals surface area contributed by atoms with Crippen molar-refractivity contribution in [2.45, 2.75) is 32.9 Å². The van der Waals surface area contributed by atoms with E-state index in [4.69, 9.17) is 5.73 Å². The van der Waals surface area contributed by atoms with Gasteiger partial charge in [-0.2, -0.15) is 0 Å². The van der Waals surface area contributed by atoms with Crippen LogP contribution in [0.3, 0.4) is 0 Å². The van der Waals surface area contributed by atoms with Crippen LogP contribution in [0.5, 0.6) is 0 Å². The summed E-state index contributed by atoms with van der Waals surface area (Å²) in [4.78, 5) is 25.4. The lowest BCUT2D eigenvalue weighted by molar-refractivity contribution is -0.119. The fourth-order valence-corrected chi connectivity index (χ4v) is 2.15. The van der Waals surface area contributed by atoms with Crippen LogP contribution in [-0.4, -0.2) is 18.0 Å². The molecule has 1 saturated heterocycles. The second kappa shape index (κ2) is 5.40. The second-order valence-electron chi connectivity index (χ2n) is 4.86. The minimum Gasteiger partial charge on any atom is -0.326 e. The van der Waals surface area contributed by atoms with Gasteiger partial charge in [-0.15, -0.1) is 0 Å². The third kappa shape index (κ3) is 2.46. The molecular weight excluding hydrogens is 242 g/mol. The van der Waals surface area contributed by atoms with Gasteiger partial charge < -0.3 is 11.1 Å². The number of anilines is 1. The fraction of sp³-hybridized carbons (Fsp3) is 0.429. The third-order valence-electron chi connectivity index (χ3n) is 3.61. The number of carbonyl (C=O) groups is 2. The predicted octanol–water partition coefficient (Wildman–Crippen LogP) is 1.62. The zero-order valence-electron chi connectivity index (χ0n) is 11.2. The van der Waals surface area contributed by atoms with Crippen LogP contribution in [0.25, 0.3) is 0 Å². The van der Waals surface area contributed by atoms with Gasteiger partial charge in [-0.3, -0.25) is 4.79 Å². The molecule has 2 unspecified atom stereocenters. The summed E-state index contributed by atoms with van der Waals surface area (Å²) in [6.45, 7) is 4.41. The van der Waals surface area contributed by atoms with Gasteiger partial charge in [-0.05, 0) is 23.6 Å². The van der Waals surface area contributed by atoms with Crippen molar-refractivity contribution >= 4 is 17.6 Å². The van der Waals surface area contributed by atoms with E-state index < -0.39 is 6.04 Å². The molecular formula is C14H19N3O2. The molecule has 5 heteroatoms. The number of urea groups is 1. The van der Waals surface area contributed by atoms with Crippen molar-refractivity contribution in [3.8, 4) is 0 Å². The lowest BCUT2D eigenvalue weighted by Crippen LogP contribution is -2.35. The van der Waals surface area contributed by atoms with Gasteiger partial charge in [0.2, 0.25) is 0 Å². The largest absolute Gasteiger partial charge is 0.329 e. The number of benzene rings is 1. The molecule has 1 aromatic rings. The average molecular weight is 261 g/mol. The molecule has 1 aliphatic heterocycles. The van der Waals surface area contributed by atoms with Crippen LogP contribution < -0.4 is 16.0 Å². The highest BCUT2D eigenvalue weighted by Gasteiger charge is 2.41. The summed E-state index contributed by atoms with van der Waals surface area (Å²) < 4.78 is 0. The molecule has 1 aliphatic rings. The number of nitrogens with one attached hydrogen (secondary N) is 1. The summed E-state index contributed by atoms with van der Waals surface area (Å²) in [5.74, 6) is -0.0513. The van der Waals surface area contributed by atoms with Gasteiger partial charge in [0.25, 0.3) is 5.91 Å². The van der Waals surface area contributed by atoms with Crippen molar-refractivity contribution in [2.75, 3.05) is 4.90 Å². The molecule has 0 aliphatic carbocycles. The number of rotatable bonds is 4. The van der Waals surface area contributed by atoms with E-state index in [0.29, 0.717) is 12.2 Å². The Morgan fingerprint density at radius 3 is 2.47 bits per heavy atom. The number of carbonyl (C=O) groups excluding carboxylic acids is 2. The molecule has 19 heavy (non-hydrogen) atoms. The summed E-state index contributed by atoms with van der Waals surface area (Å²) in [6, 6.07) is 6.37. The molecule has 2 atom stereocenters. The normalized spacial score (nSPS) is 20.6. The average Bonchev–Trinajstić information content (AvgIpc) is 2.73. The maximum Gasteiger partial charge on any atom is 0.329 e. The van der Waals surface area contributed by atoms with Crippen molar-refractivity contribution in [3.63, 3.8) is 0 Å². The standard InChI is InChI=1S/C14H19N3O2/c1-3-9(2)12-13(18)17(14(19)16-12)11-6-4-10(8-15)5-7-11/h4-7,9,12H,3,8,15H2,1-2H3,(H,16,19). The van der Waals surface area contributed by atoms with Gasteiger partial charge in [0, 0.05) is 6.54 Å². The van der Waals surface area contributed by atoms with E-state index in [1.807, 2.05) is 26.0 Å². The molecule has 3 amide bonds. The van der Waals surface area contributed by atoms with Gasteiger partial charge >= 0.3 is 6.03 Å². The van der Waals surface area contributed by atoms with E-state index in [1.54, 1.807) is 12.1 Å². The Bertz CT molecular complexity index is 484. The molecule has 0 radical (unpaired) electrons. The number of hydrogen-bond donors (Lipinski definition) is 2. The number of hydrogen-bond acceptors (Lipinski definition) is 3. The van der Waals surface area contributed by atoms with Crippen LogP contribution in [0.15, 0.2) is 24.3 Å². The maximum atomic E-state index is 12.3. The zero-order chi connectivity index (χ0) is 14.0. The first-order valence-corrected chi connectivity index (χ1v) is 6.52. The number of amides is 3. The Labute approximate surface area is 112 Å². The monoisotopic (exact) mass is 261 g/mol. The van der Waals surface area contributed by atoms with E-state index in [-0.39, 0.29) is 17.9 Å². The minimum absolute atomic E-state index is 0.129. The molecule has 0 spiro atoms. The van der Waals surface area contributed by atoms with E-state index in [2.05, 4.69) is 5.32 Å². The number of nitrogens with zero attached hydrogens (tertiary/aromatic N) is 1. The van der Waals surface area contributed by atoms with Crippen molar-refractivity contribution in [1.82, 2.24) is 5.32 Å². The van der Waals surface area contributed by atoms with Crippen LogP contribution in [-0.2, 0) is 11.3 Å². The first-order valence-electron chi connectivity index (χ1n) is 6.52. The van der Waals surface area contributed by atoms with Crippen LogP contribution >= 0.6 is 0 Å². The molecule has 102 valence electrons. The summed E-state index contributed by atoms with van der Waals surface area (Å²) >= 11 is 0. The van der Waals surface area contributed by atoms with E-state index in [1.165, 1.54) is 4.90 Å². The molecule has 1 fully saturated rings. The van der Waals surface area contributed by atoms with Gasteiger partial charge in [0.15, 0.2) is 0 Å². The maximum absolute atomic E-state index is 12.3. The summed E-state index contributed by atoms with van der Waals surface area (Å²) in [5.41, 5.74) is 7.08. The molecule has 2 rings (SSSR count). The topological polar surface area (TPSA) is 75.4 Å². The third-order valence-corrected chi connectivity index (χ3v) is 3.61. The first kappa shape index (κ1) is 13.5. The molecule has 5 nitrogen and oxygen atoms in total. The highest BCUT2D eigenvalue weighted by molar-refractivity contribution is 6.21. The summed E-state index contributed by atoms with van der Waals surface area (Å²) in [7, 11) is 0. The van der Waals surface area contributed by atoms with Crippen molar-refractivity contribution in [3.05, 3.63) is 29.8 Å². The Kier molecular flexibility index (Phi) is 3.85. The summed E-state index contributed by atoms with van der Waals surface area (Å²) in [5, 5.41) is 2.74. The second-order valence-corrected chi connectivity index (χ2v) is 4.86. The molecule has 0 saturated carbocycles. The number of imide groups is 1. The molecule has 3 N–H and O–H groups in total. The smallest absolute Gasteiger partial charge is 0.326 e. The first-order chi connectivity index (χ1) is 9.08. The zero-order valence-corrected chi connectivity index (χ0v) is 11.2. The van der Waals surface area contributed by atoms with E-state index in [0.717, 1.165) is 12.0 Å². The van der Waals surface area contributed by atoms with Crippen LogP contribution in [0.1, 0.15) is 25.8 Å². The summed E-state index contributed by atoms with van der Waals surface area (Å²) in [6.07, 6.45) is 0.844. The Balaban J connectivity index is 2.24. The molecule has 1 heterocycles. The fourth-order valence-electron chi connectivity index (χ4n) is 2.15.